The van der Waals surface area contributed by atoms with Crippen LogP contribution >= 0.6 is 0 Å². The van der Waals surface area contributed by atoms with E-state index in [0.29, 0.717) is 17.4 Å². The van der Waals surface area contributed by atoms with E-state index in [2.05, 4.69) is 23.1 Å². The number of anilines is 2. The van der Waals surface area contributed by atoms with Crippen LogP contribution in [0.5, 0.6) is 0 Å². The van der Waals surface area contributed by atoms with Gasteiger partial charge >= 0.3 is 17.3 Å². The summed E-state index contributed by atoms with van der Waals surface area (Å²) in [5.74, 6) is -12.0. The normalized spacial score (nSPS) is 33.5. The summed E-state index contributed by atoms with van der Waals surface area (Å²) >= 11 is 0. The van der Waals surface area contributed by atoms with E-state index in [0.717, 1.165) is 34.0 Å². The minimum atomic E-state index is -3.89. The number of ether oxygens (including phenoxy) is 3. The zero-order valence-corrected chi connectivity index (χ0v) is 32.8. The minimum Gasteiger partial charge on any atom is -0.392 e. The van der Waals surface area contributed by atoms with Crippen LogP contribution in [0.2, 0.25) is 0 Å². The van der Waals surface area contributed by atoms with Gasteiger partial charge in [-0.15, -0.1) is 19.6 Å². The quantitative estimate of drug-likeness (QED) is 0.130. The number of hydrogen-bond donors (Lipinski definition) is 4. The summed E-state index contributed by atoms with van der Waals surface area (Å²) in [6.45, 7) is 12.4. The number of rotatable bonds is 8. The number of carbonyl (C=O) groups excluding carboxylic acids is 2. The van der Waals surface area contributed by atoms with Gasteiger partial charge in [-0.1, -0.05) is 45.8 Å². The highest BCUT2D eigenvalue weighted by Gasteiger charge is 2.67. The van der Waals surface area contributed by atoms with Gasteiger partial charge in [0.15, 0.2) is 17.5 Å². The highest BCUT2D eigenvalue weighted by molar-refractivity contribution is 6.06. The number of aromatic nitrogens is 4. The molecule has 328 valence electrons. The van der Waals surface area contributed by atoms with Gasteiger partial charge in [-0.05, 0) is 31.1 Å². The van der Waals surface area contributed by atoms with Crippen LogP contribution in [-0.2, 0) is 23.8 Å². The molecule has 1 amide bonds. The summed E-state index contributed by atoms with van der Waals surface area (Å²) < 4.78 is 103. The predicted molar refractivity (Wildman–Crippen MR) is 201 cm³/mol. The number of amides is 1. The number of halogens is 6. The van der Waals surface area contributed by atoms with Gasteiger partial charge in [0.2, 0.25) is 24.6 Å². The van der Waals surface area contributed by atoms with Crippen molar-refractivity contribution in [3.63, 3.8) is 0 Å². The maximum absolute atomic E-state index is 14.4. The Morgan fingerprint density at radius 3 is 1.62 bits per heavy atom. The molecule has 6 N–H and O–H groups in total. The molecule has 60 heavy (non-hydrogen) atoms. The third-order valence-electron chi connectivity index (χ3n) is 11.2. The molecule has 16 nitrogen and oxygen atoms in total. The van der Waals surface area contributed by atoms with E-state index >= 15 is 0 Å². The van der Waals surface area contributed by atoms with Crippen molar-refractivity contribution in [2.24, 2.45) is 11.8 Å². The van der Waals surface area contributed by atoms with Crippen molar-refractivity contribution in [3.05, 3.63) is 83.1 Å². The van der Waals surface area contributed by atoms with Gasteiger partial charge in [-0.3, -0.25) is 23.6 Å². The van der Waals surface area contributed by atoms with Crippen molar-refractivity contribution in [1.29, 1.82) is 0 Å². The van der Waals surface area contributed by atoms with Gasteiger partial charge in [0.25, 0.3) is 11.8 Å². The molecule has 0 unspecified atom stereocenters. The third kappa shape index (κ3) is 7.99. The molecule has 0 bridgehead atoms. The van der Waals surface area contributed by atoms with Crippen LogP contribution in [0.1, 0.15) is 59.4 Å². The minimum absolute atomic E-state index is 0.0221. The first-order chi connectivity index (χ1) is 27.8. The lowest BCUT2D eigenvalue weighted by Crippen LogP contribution is -2.48. The number of aliphatic hydroxyl groups excluding tert-OH is 2. The van der Waals surface area contributed by atoms with Crippen molar-refractivity contribution in [3.8, 4) is 12.3 Å². The van der Waals surface area contributed by atoms with Crippen LogP contribution in [0, 0.1) is 24.2 Å². The average Bonchev–Trinajstić information content (AvgIpc) is 3.63. The molecule has 22 heteroatoms. The molecule has 6 rings (SSSR count). The first kappa shape index (κ1) is 47.3. The van der Waals surface area contributed by atoms with Crippen molar-refractivity contribution in [2.75, 3.05) is 18.1 Å². The summed E-state index contributed by atoms with van der Waals surface area (Å²) in [6, 6.07) is 2.40. The van der Waals surface area contributed by atoms with Crippen LogP contribution in [0.25, 0.3) is 0 Å². The second kappa shape index (κ2) is 17.0. The molecule has 3 saturated heterocycles. The number of allylic oxidation sites excluding steroid dienone is 1. The number of hydrogen-bond acceptors (Lipinski definition) is 13. The Balaban J connectivity index is 0.000000198. The van der Waals surface area contributed by atoms with Gasteiger partial charge in [-0.25, -0.2) is 27.2 Å². The molecule has 9 atom stereocenters. The number of nitrogens with zero attached hydrogens (tertiary/aromatic N) is 5. The van der Waals surface area contributed by atoms with E-state index in [1.807, 2.05) is 0 Å². The Kier molecular flexibility index (Phi) is 13.4. The fourth-order valence-corrected chi connectivity index (χ4v) is 7.13. The number of nitrogen functional groups attached to an aromatic ring is 2. The Bertz CT molecular complexity index is 2180. The molecule has 4 aliphatic rings. The number of aliphatic hydroxyl groups is 2. The number of carbonyl (C=O) groups is 2. The summed E-state index contributed by atoms with van der Waals surface area (Å²) in [7, 11) is 0. The van der Waals surface area contributed by atoms with E-state index in [1.165, 1.54) is 38.3 Å². The number of terminal acetylenes is 1. The molecule has 0 radical (unpaired) electrons. The Labute approximate surface area is 339 Å². The van der Waals surface area contributed by atoms with Crippen molar-refractivity contribution < 1.29 is 60.4 Å². The van der Waals surface area contributed by atoms with Crippen molar-refractivity contribution in [1.82, 2.24) is 24.0 Å². The first-order valence-corrected chi connectivity index (χ1v) is 18.3. The van der Waals surface area contributed by atoms with Gasteiger partial charge < -0.3 is 35.9 Å². The van der Waals surface area contributed by atoms with E-state index < -0.39 is 107 Å². The Morgan fingerprint density at radius 1 is 0.833 bits per heavy atom. The molecule has 4 aliphatic heterocycles. The van der Waals surface area contributed by atoms with E-state index in [9.17, 15) is 50.6 Å². The van der Waals surface area contributed by atoms with Crippen molar-refractivity contribution >= 4 is 23.3 Å². The lowest BCUT2D eigenvalue weighted by Gasteiger charge is -2.31. The van der Waals surface area contributed by atoms with E-state index in [-0.39, 0.29) is 11.6 Å². The van der Waals surface area contributed by atoms with Crippen LogP contribution < -0.4 is 22.8 Å². The zero-order chi connectivity index (χ0) is 45.4. The summed E-state index contributed by atoms with van der Waals surface area (Å²) in [4.78, 5) is 53.8. The highest BCUT2D eigenvalue weighted by Crippen LogP contribution is 2.54. The monoisotopic (exact) mass is 857 g/mol. The molecule has 0 aliphatic carbocycles. The van der Waals surface area contributed by atoms with Gasteiger partial charge in [-0.2, -0.15) is 18.7 Å². The summed E-state index contributed by atoms with van der Waals surface area (Å²) in [5.41, 5.74) is 4.01. The second-order valence-corrected chi connectivity index (χ2v) is 14.3. The lowest BCUT2D eigenvalue weighted by atomic mass is 9.84. The molecular weight excluding hydrogens is 812 g/mol. The number of nitrogens with two attached hydrogens (primary N) is 2. The van der Waals surface area contributed by atoms with Crippen LogP contribution in [0.3, 0.4) is 0 Å². The van der Waals surface area contributed by atoms with Gasteiger partial charge in [0.05, 0.1) is 36.1 Å². The van der Waals surface area contributed by atoms with E-state index in [4.69, 9.17) is 37.2 Å². The molecule has 6 heterocycles. The molecule has 0 saturated carbocycles. The molecule has 0 spiro atoms. The maximum Gasteiger partial charge on any atom is 0.351 e. The standard InChI is InChI=1S/C14H17F2NO3.C13H17F2N3O2.C11H11F2N3O4/c1-4-13(5-2)9(3)14(15,16)12(20-13)17-7-6-10(18)8-11(17)19;1-4-12(5-2)8(3)13(14,15)10(20-12)18-7-6-9(16)17-11(18)19;1-2-10(5-17)7(18)11(12,13)8(20-10)16-4-3-6(14)15-9(16)19/h4,6-7,9,12H,1,5,8H2,2-3H3;4,6-8,10H,1,5H2,2-3H3,(H2,16,17,19);1,3-4,7-8,17-18H,5H2,(H2,14,15,19)/t9-,12-,13-;8-,10-,12-;7-,8-,10-/m111/s1. The Morgan fingerprint density at radius 2 is 1.27 bits per heavy atom. The Hall–Kier alpha value is -5.34. The number of alkyl halides is 6. The third-order valence-corrected chi connectivity index (χ3v) is 11.2. The van der Waals surface area contributed by atoms with Gasteiger partial charge in [0, 0.05) is 18.6 Å². The summed E-state index contributed by atoms with van der Waals surface area (Å²) in [6.07, 6.45) is 4.27. The molecule has 2 aromatic rings. The van der Waals surface area contributed by atoms with Crippen molar-refractivity contribution in [2.45, 2.75) is 106 Å². The maximum atomic E-state index is 14.4. The average molecular weight is 858 g/mol. The SMILES string of the molecule is C#C[C@]1(CO)O[C@@H](n2ccc(N)nc2=O)C(F)(F)[C@@H]1O.C=C[C@]1(CC)O[C@@H](N2C=CC(=O)CC2=O)C(F)(F)[C@@H]1C.C=C[C@]1(CC)O[C@@H](n2ccc(N)nc2=O)C(F)(F)[C@@H]1C. The molecular formula is C38H45F6N7O9. The van der Waals surface area contributed by atoms with Crippen LogP contribution in [0.15, 0.2) is 71.7 Å². The topological polar surface area (TPSA) is 227 Å². The van der Waals surface area contributed by atoms with Gasteiger partial charge in [0.1, 0.15) is 11.6 Å². The predicted octanol–water partition coefficient (Wildman–Crippen LogP) is 2.94. The van der Waals surface area contributed by atoms with Crippen LogP contribution in [0.4, 0.5) is 38.0 Å². The molecule has 0 aromatic carbocycles. The molecule has 3 fully saturated rings. The number of ketones is 1. The first-order valence-electron chi connectivity index (χ1n) is 18.3. The lowest BCUT2D eigenvalue weighted by molar-refractivity contribution is -0.171. The van der Waals surface area contributed by atoms with Crippen LogP contribution in [-0.4, -0.2) is 99.4 Å². The smallest absolute Gasteiger partial charge is 0.351 e. The fourth-order valence-electron chi connectivity index (χ4n) is 7.13. The highest BCUT2D eigenvalue weighted by atomic mass is 19.3. The second-order valence-electron chi connectivity index (χ2n) is 14.3. The largest absolute Gasteiger partial charge is 0.392 e. The summed E-state index contributed by atoms with van der Waals surface area (Å²) in [5, 5.41) is 18.7. The van der Waals surface area contributed by atoms with E-state index in [1.54, 1.807) is 19.8 Å². The fraction of sp³-hybridized carbons (Fsp3) is 0.526. The molecule has 2 aromatic heterocycles. The zero-order valence-electron chi connectivity index (χ0n) is 32.8.